The van der Waals surface area contributed by atoms with Gasteiger partial charge in [-0.2, -0.15) is 0 Å². The molecule has 0 radical (unpaired) electrons. The largest absolute Gasteiger partial charge is 0.497 e. The van der Waals surface area contributed by atoms with Gasteiger partial charge in [-0.1, -0.05) is 12.1 Å². The lowest BCUT2D eigenvalue weighted by Crippen LogP contribution is -2.53. The summed E-state index contributed by atoms with van der Waals surface area (Å²) in [5.41, 5.74) is 2.16. The third-order valence-corrected chi connectivity index (χ3v) is 6.82. The zero-order chi connectivity index (χ0) is 27.2. The van der Waals surface area contributed by atoms with Gasteiger partial charge in [-0.05, 0) is 55.8 Å². The summed E-state index contributed by atoms with van der Waals surface area (Å²) in [6, 6.07) is 11.8. The number of ether oxygens (including phenoxy) is 2. The summed E-state index contributed by atoms with van der Waals surface area (Å²) in [5.74, 6) is -0.349. The molecule has 0 spiro atoms. The van der Waals surface area contributed by atoms with Crippen molar-refractivity contribution in [2.75, 3.05) is 53.0 Å². The van der Waals surface area contributed by atoms with Crippen LogP contribution in [0.5, 0.6) is 5.75 Å². The molecule has 202 valence electrons. The van der Waals surface area contributed by atoms with Crippen molar-refractivity contribution in [2.24, 2.45) is 0 Å². The van der Waals surface area contributed by atoms with Gasteiger partial charge in [0.05, 0.1) is 25.3 Å². The van der Waals surface area contributed by atoms with Crippen LogP contribution in [-0.2, 0) is 9.53 Å². The second kappa shape index (κ2) is 12.1. The number of carbonyl (C=O) groups excluding carboxylic acids is 3. The molecule has 38 heavy (non-hydrogen) atoms. The Morgan fingerprint density at radius 1 is 1.00 bits per heavy atom. The summed E-state index contributed by atoms with van der Waals surface area (Å²) >= 11 is 0. The fourth-order valence-electron chi connectivity index (χ4n) is 4.80. The number of esters is 1. The van der Waals surface area contributed by atoms with E-state index in [4.69, 9.17) is 9.47 Å². The summed E-state index contributed by atoms with van der Waals surface area (Å²) in [4.78, 5) is 44.7. The van der Waals surface area contributed by atoms with Gasteiger partial charge >= 0.3 is 12.0 Å². The van der Waals surface area contributed by atoms with Gasteiger partial charge in [0.25, 0.3) is 5.91 Å². The maximum Gasteiger partial charge on any atom is 0.338 e. The number of halogens is 1. The Morgan fingerprint density at radius 2 is 1.66 bits per heavy atom. The lowest BCUT2D eigenvalue weighted by molar-refractivity contribution is -0.139. The van der Waals surface area contributed by atoms with E-state index < -0.39 is 12.0 Å². The fraction of sp³-hybridized carbons (Fsp3) is 0.393. The van der Waals surface area contributed by atoms with Gasteiger partial charge in [0.2, 0.25) is 0 Å². The van der Waals surface area contributed by atoms with Crippen LogP contribution in [0.3, 0.4) is 0 Å². The second-order valence-corrected chi connectivity index (χ2v) is 9.06. The molecule has 2 aliphatic rings. The van der Waals surface area contributed by atoms with Crippen molar-refractivity contribution in [2.45, 2.75) is 19.9 Å². The smallest absolute Gasteiger partial charge is 0.338 e. The number of hydrogen-bond acceptors (Lipinski definition) is 6. The first-order valence-corrected chi connectivity index (χ1v) is 12.8. The number of amides is 3. The Kier molecular flexibility index (Phi) is 8.62. The van der Waals surface area contributed by atoms with E-state index in [1.165, 1.54) is 24.3 Å². The van der Waals surface area contributed by atoms with Gasteiger partial charge in [0.1, 0.15) is 11.6 Å². The number of carbonyl (C=O) groups is 3. The average Bonchev–Trinajstić information content (AvgIpc) is 2.93. The van der Waals surface area contributed by atoms with Gasteiger partial charge in [0.15, 0.2) is 0 Å². The number of likely N-dealkylation sites (N-methyl/N-ethyl adjacent to an activating group) is 1. The standard InChI is InChI=1S/C28H33FN4O5/c1-4-33-23(18-31-14-16-32(17-15-31)26(34)20-6-10-21(29)11-7-20)24(27(35)38-5-2)25(30-28(33)36)19-8-12-22(37-3)13-9-19/h6-13,25H,4-5,14-18H2,1-3H3,(H,30,36). The number of methoxy groups -OCH3 is 1. The molecule has 10 heteroatoms. The van der Waals surface area contributed by atoms with Crippen LogP contribution in [0.15, 0.2) is 59.8 Å². The minimum atomic E-state index is -0.674. The van der Waals surface area contributed by atoms with Crippen LogP contribution >= 0.6 is 0 Å². The van der Waals surface area contributed by atoms with E-state index in [0.29, 0.717) is 61.9 Å². The second-order valence-electron chi connectivity index (χ2n) is 9.06. The molecule has 3 amide bonds. The number of hydrogen-bond donors (Lipinski definition) is 1. The summed E-state index contributed by atoms with van der Waals surface area (Å²) in [6.45, 7) is 6.58. The molecule has 0 bridgehead atoms. The maximum atomic E-state index is 13.3. The number of nitrogens with one attached hydrogen (secondary N) is 1. The lowest BCUT2D eigenvalue weighted by atomic mass is 9.94. The summed E-state index contributed by atoms with van der Waals surface area (Å²) in [5, 5.41) is 2.96. The molecule has 1 atom stereocenters. The maximum absolute atomic E-state index is 13.3. The van der Waals surface area contributed by atoms with Crippen molar-refractivity contribution >= 4 is 17.9 Å². The van der Waals surface area contributed by atoms with Crippen molar-refractivity contribution in [1.29, 1.82) is 0 Å². The van der Waals surface area contributed by atoms with Crippen molar-refractivity contribution in [3.8, 4) is 5.75 Å². The topological polar surface area (TPSA) is 91.4 Å². The van der Waals surface area contributed by atoms with Crippen molar-refractivity contribution in [1.82, 2.24) is 20.0 Å². The van der Waals surface area contributed by atoms with Gasteiger partial charge in [-0.25, -0.2) is 14.0 Å². The normalized spacial score (nSPS) is 18.3. The van der Waals surface area contributed by atoms with E-state index in [-0.39, 0.29) is 24.4 Å². The van der Waals surface area contributed by atoms with E-state index in [0.717, 1.165) is 5.56 Å². The fourth-order valence-corrected chi connectivity index (χ4v) is 4.80. The Morgan fingerprint density at radius 3 is 2.24 bits per heavy atom. The summed E-state index contributed by atoms with van der Waals surface area (Å²) in [6.07, 6.45) is 0. The van der Waals surface area contributed by atoms with Gasteiger partial charge < -0.3 is 19.7 Å². The highest BCUT2D eigenvalue weighted by atomic mass is 19.1. The van der Waals surface area contributed by atoms with Crippen LogP contribution in [0.1, 0.15) is 35.8 Å². The van der Waals surface area contributed by atoms with E-state index in [1.54, 1.807) is 36.0 Å². The zero-order valence-electron chi connectivity index (χ0n) is 21.9. The quantitative estimate of drug-likeness (QED) is 0.534. The highest BCUT2D eigenvalue weighted by Gasteiger charge is 2.38. The van der Waals surface area contributed by atoms with E-state index in [2.05, 4.69) is 10.2 Å². The predicted octanol–water partition coefficient (Wildman–Crippen LogP) is 3.20. The molecule has 0 aromatic heterocycles. The van der Waals surface area contributed by atoms with Crippen molar-refractivity contribution in [3.63, 3.8) is 0 Å². The Hall–Kier alpha value is -3.92. The molecule has 0 saturated carbocycles. The third-order valence-electron chi connectivity index (χ3n) is 6.82. The lowest BCUT2D eigenvalue weighted by Gasteiger charge is -2.40. The number of rotatable bonds is 8. The Balaban J connectivity index is 1.58. The minimum Gasteiger partial charge on any atom is -0.497 e. The van der Waals surface area contributed by atoms with E-state index >= 15 is 0 Å². The van der Waals surface area contributed by atoms with Crippen LogP contribution in [0.2, 0.25) is 0 Å². The third kappa shape index (κ3) is 5.80. The highest BCUT2D eigenvalue weighted by Crippen LogP contribution is 2.33. The first-order chi connectivity index (χ1) is 18.4. The molecule has 2 aromatic rings. The number of piperazine rings is 1. The Bertz CT molecular complexity index is 1190. The first kappa shape index (κ1) is 27.1. The van der Waals surface area contributed by atoms with Crippen LogP contribution in [0.4, 0.5) is 9.18 Å². The molecule has 1 fully saturated rings. The van der Waals surface area contributed by atoms with Gasteiger partial charge in [-0.3, -0.25) is 14.6 Å². The molecular formula is C28H33FN4O5. The van der Waals surface area contributed by atoms with Gasteiger partial charge in [-0.15, -0.1) is 0 Å². The zero-order valence-corrected chi connectivity index (χ0v) is 21.9. The highest BCUT2D eigenvalue weighted by molar-refractivity contribution is 5.95. The summed E-state index contributed by atoms with van der Waals surface area (Å²) < 4.78 is 23.9. The molecule has 1 N–H and O–H groups in total. The van der Waals surface area contributed by atoms with Crippen LogP contribution in [0, 0.1) is 5.82 Å². The SMILES string of the molecule is CCOC(=O)C1=C(CN2CCN(C(=O)c3ccc(F)cc3)CC2)N(CC)C(=O)NC1c1ccc(OC)cc1. The van der Waals surface area contributed by atoms with Gasteiger partial charge in [0, 0.05) is 50.5 Å². The number of benzene rings is 2. The van der Waals surface area contributed by atoms with E-state index in [9.17, 15) is 18.8 Å². The molecule has 0 aliphatic carbocycles. The van der Waals surface area contributed by atoms with Crippen LogP contribution in [-0.4, -0.2) is 85.6 Å². The number of nitrogens with zero attached hydrogens (tertiary/aromatic N) is 3. The molecule has 1 unspecified atom stereocenters. The average molecular weight is 525 g/mol. The van der Waals surface area contributed by atoms with Crippen LogP contribution in [0.25, 0.3) is 0 Å². The van der Waals surface area contributed by atoms with E-state index in [1.807, 2.05) is 19.1 Å². The monoisotopic (exact) mass is 524 g/mol. The molecule has 9 nitrogen and oxygen atoms in total. The molecule has 1 saturated heterocycles. The predicted molar refractivity (Wildman–Crippen MR) is 139 cm³/mol. The molecule has 2 aliphatic heterocycles. The van der Waals surface area contributed by atoms with Crippen molar-refractivity contribution < 1.29 is 28.2 Å². The Labute approximate surface area is 221 Å². The minimum absolute atomic E-state index is 0.150. The molecule has 2 heterocycles. The molecule has 4 rings (SSSR count). The van der Waals surface area contributed by atoms with Crippen molar-refractivity contribution in [3.05, 3.63) is 76.7 Å². The molecule has 2 aromatic carbocycles. The van der Waals surface area contributed by atoms with Crippen LogP contribution < -0.4 is 10.1 Å². The summed E-state index contributed by atoms with van der Waals surface area (Å²) in [7, 11) is 1.57. The first-order valence-electron chi connectivity index (χ1n) is 12.8. The molecular weight excluding hydrogens is 491 g/mol. The number of urea groups is 1.